The number of rotatable bonds is 5. The molecule has 0 bridgehead atoms. The average molecular weight is 254 g/mol. The lowest BCUT2D eigenvalue weighted by Crippen LogP contribution is -2.55. The number of nitrogens with one attached hydrogen (secondary N) is 2. The van der Waals surface area contributed by atoms with E-state index in [2.05, 4.69) is 17.6 Å². The Bertz CT molecular complexity index is 337. The molecule has 0 radical (unpaired) electrons. The van der Waals surface area contributed by atoms with E-state index >= 15 is 0 Å². The van der Waals surface area contributed by atoms with Crippen molar-refractivity contribution < 1.29 is 14.7 Å². The summed E-state index contributed by atoms with van der Waals surface area (Å²) < 4.78 is 0. The minimum atomic E-state index is -1.03. The zero-order valence-corrected chi connectivity index (χ0v) is 10.9. The van der Waals surface area contributed by atoms with Crippen LogP contribution in [0.2, 0.25) is 0 Å². The molecule has 5 nitrogen and oxygen atoms in total. The highest BCUT2D eigenvalue weighted by molar-refractivity contribution is 5.86. The molecule has 0 heterocycles. The Morgan fingerprint density at radius 2 is 2.00 bits per heavy atom. The van der Waals surface area contributed by atoms with E-state index in [1.54, 1.807) is 0 Å². The molecule has 5 heteroatoms. The molecule has 2 saturated carbocycles. The monoisotopic (exact) mass is 254 g/mol. The van der Waals surface area contributed by atoms with E-state index in [1.807, 2.05) is 0 Å². The molecular weight excluding hydrogens is 232 g/mol. The zero-order chi connectivity index (χ0) is 13.2. The van der Waals surface area contributed by atoms with Crippen LogP contribution < -0.4 is 10.6 Å². The summed E-state index contributed by atoms with van der Waals surface area (Å²) in [5.41, 5.74) is -1.03. The van der Waals surface area contributed by atoms with E-state index in [9.17, 15) is 14.7 Å². The lowest BCUT2D eigenvalue weighted by Gasteiger charge is -2.25. The molecule has 2 fully saturated rings. The fourth-order valence-electron chi connectivity index (χ4n) is 2.91. The van der Waals surface area contributed by atoms with Gasteiger partial charge in [0, 0.05) is 6.04 Å². The maximum Gasteiger partial charge on any atom is 0.329 e. The molecule has 0 spiro atoms. The van der Waals surface area contributed by atoms with Gasteiger partial charge in [0.25, 0.3) is 0 Å². The summed E-state index contributed by atoms with van der Waals surface area (Å²) in [4.78, 5) is 23.1. The third-order valence-electron chi connectivity index (χ3n) is 4.12. The molecule has 2 atom stereocenters. The van der Waals surface area contributed by atoms with E-state index in [1.165, 1.54) is 0 Å². The minimum absolute atomic E-state index is 0.247. The highest BCUT2D eigenvalue weighted by Crippen LogP contribution is 2.35. The first-order chi connectivity index (χ1) is 8.57. The predicted octanol–water partition coefficient (Wildman–Crippen LogP) is 1.87. The van der Waals surface area contributed by atoms with Crippen molar-refractivity contribution in [1.82, 2.24) is 10.6 Å². The zero-order valence-electron chi connectivity index (χ0n) is 10.9. The van der Waals surface area contributed by atoms with Crippen LogP contribution in [-0.4, -0.2) is 28.7 Å². The summed E-state index contributed by atoms with van der Waals surface area (Å²) in [6.07, 6.45) is 6.11. The van der Waals surface area contributed by atoms with Gasteiger partial charge in [-0.15, -0.1) is 0 Å². The molecule has 2 unspecified atom stereocenters. The van der Waals surface area contributed by atoms with Gasteiger partial charge in [-0.05, 0) is 31.6 Å². The SMILES string of the molecule is CCCC1CC1NC(=O)NC1(C(=O)O)CCCC1. The largest absolute Gasteiger partial charge is 0.480 e. The standard InChI is InChI=1S/C13H22N2O3/c1-2-5-9-8-10(9)14-12(18)15-13(11(16)17)6-3-4-7-13/h9-10H,2-8H2,1H3,(H,16,17)(H2,14,15,18). The Labute approximate surface area is 107 Å². The third-order valence-corrected chi connectivity index (χ3v) is 4.12. The Kier molecular flexibility index (Phi) is 3.78. The van der Waals surface area contributed by atoms with Crippen molar-refractivity contribution in [3.05, 3.63) is 0 Å². The van der Waals surface area contributed by atoms with Gasteiger partial charge in [-0.1, -0.05) is 26.2 Å². The van der Waals surface area contributed by atoms with Crippen molar-refractivity contribution in [2.45, 2.75) is 63.5 Å². The molecule has 0 aromatic heterocycles. The Morgan fingerprint density at radius 1 is 1.33 bits per heavy atom. The van der Waals surface area contributed by atoms with Gasteiger partial charge in [-0.3, -0.25) is 0 Å². The van der Waals surface area contributed by atoms with Gasteiger partial charge in [-0.25, -0.2) is 9.59 Å². The number of aliphatic carboxylic acids is 1. The van der Waals surface area contributed by atoms with Crippen LogP contribution in [0.5, 0.6) is 0 Å². The molecule has 2 rings (SSSR count). The second-order valence-corrected chi connectivity index (χ2v) is 5.58. The van der Waals surface area contributed by atoms with Crippen LogP contribution in [0.15, 0.2) is 0 Å². The van der Waals surface area contributed by atoms with Crippen molar-refractivity contribution in [3.8, 4) is 0 Å². The first-order valence-corrected chi connectivity index (χ1v) is 6.89. The number of hydrogen-bond donors (Lipinski definition) is 3. The van der Waals surface area contributed by atoms with Crippen LogP contribution in [0.1, 0.15) is 51.9 Å². The second kappa shape index (κ2) is 5.16. The van der Waals surface area contributed by atoms with Crippen molar-refractivity contribution in [1.29, 1.82) is 0 Å². The maximum atomic E-state index is 11.8. The molecule has 2 amide bonds. The van der Waals surface area contributed by atoms with Crippen LogP contribution in [0, 0.1) is 5.92 Å². The molecular formula is C13H22N2O3. The van der Waals surface area contributed by atoms with E-state index in [-0.39, 0.29) is 12.1 Å². The van der Waals surface area contributed by atoms with E-state index in [0.29, 0.717) is 18.8 Å². The van der Waals surface area contributed by atoms with Gasteiger partial charge in [0.1, 0.15) is 5.54 Å². The fourth-order valence-corrected chi connectivity index (χ4v) is 2.91. The van der Waals surface area contributed by atoms with Gasteiger partial charge in [0.05, 0.1) is 0 Å². The van der Waals surface area contributed by atoms with Gasteiger partial charge in [0.2, 0.25) is 0 Å². The number of carbonyl (C=O) groups is 2. The molecule has 0 saturated heterocycles. The van der Waals surface area contributed by atoms with Crippen LogP contribution >= 0.6 is 0 Å². The Hall–Kier alpha value is -1.26. The smallest absolute Gasteiger partial charge is 0.329 e. The molecule has 3 N–H and O–H groups in total. The molecule has 0 aliphatic heterocycles. The average Bonchev–Trinajstić information content (AvgIpc) is 2.85. The summed E-state index contributed by atoms with van der Waals surface area (Å²) in [6, 6.07) is -0.0694. The van der Waals surface area contributed by atoms with E-state index in [0.717, 1.165) is 32.1 Å². The second-order valence-electron chi connectivity index (χ2n) is 5.58. The molecule has 2 aliphatic carbocycles. The van der Waals surface area contributed by atoms with Gasteiger partial charge in [-0.2, -0.15) is 0 Å². The molecule has 0 aromatic carbocycles. The van der Waals surface area contributed by atoms with Crippen LogP contribution in [0.3, 0.4) is 0 Å². The fraction of sp³-hybridized carbons (Fsp3) is 0.846. The maximum absolute atomic E-state index is 11.8. The van der Waals surface area contributed by atoms with Crippen molar-refractivity contribution in [2.75, 3.05) is 0 Å². The van der Waals surface area contributed by atoms with Crippen LogP contribution in [0.4, 0.5) is 4.79 Å². The number of urea groups is 1. The third kappa shape index (κ3) is 2.76. The van der Waals surface area contributed by atoms with E-state index < -0.39 is 11.5 Å². The molecule has 102 valence electrons. The summed E-state index contributed by atoms with van der Waals surface area (Å²) in [7, 11) is 0. The summed E-state index contributed by atoms with van der Waals surface area (Å²) in [5.74, 6) is -0.318. The van der Waals surface area contributed by atoms with Crippen molar-refractivity contribution >= 4 is 12.0 Å². The Morgan fingerprint density at radius 3 is 2.56 bits per heavy atom. The van der Waals surface area contributed by atoms with Crippen LogP contribution in [-0.2, 0) is 4.79 Å². The minimum Gasteiger partial charge on any atom is -0.480 e. The quantitative estimate of drug-likeness (QED) is 0.701. The van der Waals surface area contributed by atoms with Crippen molar-refractivity contribution in [3.63, 3.8) is 0 Å². The lowest BCUT2D eigenvalue weighted by molar-refractivity contribution is -0.144. The summed E-state index contributed by atoms with van der Waals surface area (Å²) >= 11 is 0. The summed E-state index contributed by atoms with van der Waals surface area (Å²) in [5, 5.41) is 14.8. The lowest BCUT2D eigenvalue weighted by atomic mass is 9.98. The van der Waals surface area contributed by atoms with Crippen LogP contribution in [0.25, 0.3) is 0 Å². The Balaban J connectivity index is 1.82. The van der Waals surface area contributed by atoms with E-state index in [4.69, 9.17) is 0 Å². The highest BCUT2D eigenvalue weighted by Gasteiger charge is 2.44. The number of amides is 2. The summed E-state index contributed by atoms with van der Waals surface area (Å²) in [6.45, 7) is 2.13. The molecule has 0 aromatic rings. The highest BCUT2D eigenvalue weighted by atomic mass is 16.4. The van der Waals surface area contributed by atoms with Gasteiger partial charge in [0.15, 0.2) is 0 Å². The number of carbonyl (C=O) groups excluding carboxylic acids is 1. The van der Waals surface area contributed by atoms with Gasteiger partial charge >= 0.3 is 12.0 Å². The molecule has 18 heavy (non-hydrogen) atoms. The normalized spacial score (nSPS) is 28.7. The number of hydrogen-bond acceptors (Lipinski definition) is 2. The molecule has 2 aliphatic rings. The number of carboxylic acids is 1. The van der Waals surface area contributed by atoms with Crippen molar-refractivity contribution in [2.24, 2.45) is 5.92 Å². The predicted molar refractivity (Wildman–Crippen MR) is 67.3 cm³/mol. The van der Waals surface area contributed by atoms with Gasteiger partial charge < -0.3 is 15.7 Å². The first kappa shape index (κ1) is 13.2. The number of carboxylic acid groups (broad SMARTS) is 1. The first-order valence-electron chi connectivity index (χ1n) is 6.89. The topological polar surface area (TPSA) is 78.4 Å².